The number of carbonyl (C=O) groups is 1. The third-order valence-electron chi connectivity index (χ3n) is 3.71. The van der Waals surface area contributed by atoms with Crippen molar-refractivity contribution in [2.24, 2.45) is 0 Å². The summed E-state index contributed by atoms with van der Waals surface area (Å²) < 4.78 is 1.10. The van der Waals surface area contributed by atoms with Crippen molar-refractivity contribution in [1.29, 1.82) is 0 Å². The SMILES string of the molecule is CC1(C(=O)Nc2ccc3ncsc3c2)CCCCN1. The predicted octanol–water partition coefficient (Wildman–Crippen LogP) is 2.77. The minimum absolute atomic E-state index is 0.0519. The third-order valence-corrected chi connectivity index (χ3v) is 4.50. The number of thiazole rings is 1. The molecule has 100 valence electrons. The number of piperidine rings is 1. The number of anilines is 1. The molecule has 1 atom stereocenters. The van der Waals surface area contributed by atoms with Crippen LogP contribution in [0.4, 0.5) is 5.69 Å². The summed E-state index contributed by atoms with van der Waals surface area (Å²) in [4.78, 5) is 16.6. The molecule has 0 aliphatic carbocycles. The summed E-state index contributed by atoms with van der Waals surface area (Å²) in [5.74, 6) is 0.0519. The number of amides is 1. The van der Waals surface area contributed by atoms with Crippen molar-refractivity contribution in [3.8, 4) is 0 Å². The summed E-state index contributed by atoms with van der Waals surface area (Å²) in [5.41, 5.74) is 3.20. The van der Waals surface area contributed by atoms with Gasteiger partial charge in [-0.2, -0.15) is 0 Å². The summed E-state index contributed by atoms with van der Waals surface area (Å²) in [6.07, 6.45) is 3.14. The van der Waals surface area contributed by atoms with Gasteiger partial charge in [-0.25, -0.2) is 4.98 Å². The Balaban J connectivity index is 1.78. The van der Waals surface area contributed by atoms with Crippen molar-refractivity contribution < 1.29 is 4.79 Å². The number of carbonyl (C=O) groups excluding carboxylic acids is 1. The summed E-state index contributed by atoms with van der Waals surface area (Å²) in [6.45, 7) is 2.89. The van der Waals surface area contributed by atoms with Crippen molar-refractivity contribution in [1.82, 2.24) is 10.3 Å². The van der Waals surface area contributed by atoms with Crippen LogP contribution >= 0.6 is 11.3 Å². The second kappa shape index (κ2) is 4.90. The van der Waals surface area contributed by atoms with Gasteiger partial charge in [0, 0.05) is 5.69 Å². The van der Waals surface area contributed by atoms with Gasteiger partial charge >= 0.3 is 0 Å². The number of fused-ring (bicyclic) bond motifs is 1. The molecule has 19 heavy (non-hydrogen) atoms. The highest BCUT2D eigenvalue weighted by Gasteiger charge is 2.34. The average Bonchev–Trinajstić information content (AvgIpc) is 2.87. The maximum absolute atomic E-state index is 12.4. The summed E-state index contributed by atoms with van der Waals surface area (Å²) in [6, 6.07) is 5.83. The van der Waals surface area contributed by atoms with E-state index in [4.69, 9.17) is 0 Å². The number of aromatic nitrogens is 1. The maximum Gasteiger partial charge on any atom is 0.244 e. The van der Waals surface area contributed by atoms with E-state index in [2.05, 4.69) is 15.6 Å². The number of rotatable bonds is 2. The lowest BCUT2D eigenvalue weighted by Gasteiger charge is -2.33. The van der Waals surface area contributed by atoms with Crippen molar-refractivity contribution in [2.75, 3.05) is 11.9 Å². The average molecular weight is 275 g/mol. The first kappa shape index (κ1) is 12.6. The molecule has 1 aromatic carbocycles. The molecule has 1 fully saturated rings. The number of benzene rings is 1. The van der Waals surface area contributed by atoms with Crippen LogP contribution in [0, 0.1) is 0 Å². The van der Waals surface area contributed by atoms with Gasteiger partial charge in [0.2, 0.25) is 5.91 Å². The summed E-state index contributed by atoms with van der Waals surface area (Å²) in [5, 5.41) is 6.34. The van der Waals surface area contributed by atoms with Gasteiger partial charge in [0.25, 0.3) is 0 Å². The molecule has 0 spiro atoms. The first-order chi connectivity index (χ1) is 9.17. The summed E-state index contributed by atoms with van der Waals surface area (Å²) in [7, 11) is 0. The fraction of sp³-hybridized carbons (Fsp3) is 0.429. The van der Waals surface area contributed by atoms with Crippen LogP contribution in [0.2, 0.25) is 0 Å². The Hall–Kier alpha value is -1.46. The molecule has 3 rings (SSSR count). The second-order valence-corrected chi connectivity index (χ2v) is 6.09. The second-order valence-electron chi connectivity index (χ2n) is 5.20. The van der Waals surface area contributed by atoms with Gasteiger partial charge in [-0.15, -0.1) is 11.3 Å². The van der Waals surface area contributed by atoms with Crippen LogP contribution in [0.25, 0.3) is 10.2 Å². The fourth-order valence-corrected chi connectivity index (χ4v) is 3.17. The van der Waals surface area contributed by atoms with Crippen LogP contribution < -0.4 is 10.6 Å². The normalized spacial score (nSPS) is 23.4. The first-order valence-electron chi connectivity index (χ1n) is 6.57. The maximum atomic E-state index is 12.4. The Morgan fingerprint density at radius 2 is 2.37 bits per heavy atom. The molecule has 2 aromatic rings. The molecule has 5 heteroatoms. The van der Waals surface area contributed by atoms with Gasteiger partial charge in [-0.05, 0) is 50.9 Å². The monoisotopic (exact) mass is 275 g/mol. The van der Waals surface area contributed by atoms with Crippen LogP contribution in [0.1, 0.15) is 26.2 Å². The standard InChI is InChI=1S/C14H17N3OS/c1-14(6-2-3-7-16-14)13(18)17-10-4-5-11-12(8-10)19-9-15-11/h4-5,8-9,16H,2-3,6-7H2,1H3,(H,17,18). The van der Waals surface area contributed by atoms with Crippen LogP contribution in [-0.2, 0) is 4.79 Å². The lowest BCUT2D eigenvalue weighted by molar-refractivity contribution is -0.122. The van der Waals surface area contributed by atoms with Gasteiger partial charge < -0.3 is 10.6 Å². The molecule has 0 saturated carbocycles. The molecule has 4 nitrogen and oxygen atoms in total. The Morgan fingerprint density at radius 3 is 3.16 bits per heavy atom. The van der Waals surface area contributed by atoms with E-state index in [1.807, 2.05) is 30.6 Å². The van der Waals surface area contributed by atoms with Crippen molar-refractivity contribution in [2.45, 2.75) is 31.7 Å². The molecule has 1 aliphatic rings. The molecule has 0 bridgehead atoms. The molecular formula is C14H17N3OS. The van der Waals surface area contributed by atoms with Crippen LogP contribution in [0.15, 0.2) is 23.7 Å². The van der Waals surface area contributed by atoms with Crippen LogP contribution in [0.3, 0.4) is 0 Å². The Morgan fingerprint density at radius 1 is 1.47 bits per heavy atom. The number of hydrogen-bond acceptors (Lipinski definition) is 4. The van der Waals surface area contributed by atoms with E-state index in [9.17, 15) is 4.79 Å². The molecule has 2 heterocycles. The Bertz CT molecular complexity index is 602. The smallest absolute Gasteiger partial charge is 0.244 e. The van der Waals surface area contributed by atoms with E-state index in [-0.39, 0.29) is 5.91 Å². The van der Waals surface area contributed by atoms with Gasteiger partial charge in [0.05, 0.1) is 21.3 Å². The highest BCUT2D eigenvalue weighted by Crippen LogP contribution is 2.24. The predicted molar refractivity (Wildman–Crippen MR) is 78.5 cm³/mol. The van der Waals surface area contributed by atoms with Crippen molar-refractivity contribution in [3.05, 3.63) is 23.7 Å². The molecular weight excluding hydrogens is 258 g/mol. The first-order valence-corrected chi connectivity index (χ1v) is 7.45. The van der Waals surface area contributed by atoms with Crippen LogP contribution in [0.5, 0.6) is 0 Å². The van der Waals surface area contributed by atoms with E-state index in [1.54, 1.807) is 11.3 Å². The quantitative estimate of drug-likeness (QED) is 0.886. The zero-order valence-electron chi connectivity index (χ0n) is 10.9. The lowest BCUT2D eigenvalue weighted by Crippen LogP contribution is -2.54. The minimum atomic E-state index is -0.444. The largest absolute Gasteiger partial charge is 0.324 e. The van der Waals surface area contributed by atoms with E-state index >= 15 is 0 Å². The number of nitrogens with zero attached hydrogens (tertiary/aromatic N) is 1. The zero-order valence-corrected chi connectivity index (χ0v) is 11.7. The fourth-order valence-electron chi connectivity index (χ4n) is 2.45. The van der Waals surface area contributed by atoms with Crippen LogP contribution in [-0.4, -0.2) is 23.0 Å². The van der Waals surface area contributed by atoms with E-state index in [0.29, 0.717) is 0 Å². The van der Waals surface area contributed by atoms with Gasteiger partial charge in [-0.1, -0.05) is 0 Å². The number of hydrogen-bond donors (Lipinski definition) is 2. The lowest BCUT2D eigenvalue weighted by atomic mass is 9.90. The van der Waals surface area contributed by atoms with Crippen molar-refractivity contribution >= 4 is 33.1 Å². The Kier molecular flexibility index (Phi) is 3.24. The number of nitrogens with one attached hydrogen (secondary N) is 2. The molecule has 2 N–H and O–H groups in total. The highest BCUT2D eigenvalue weighted by atomic mass is 32.1. The third kappa shape index (κ3) is 2.48. The molecule has 1 aliphatic heterocycles. The van der Waals surface area contributed by atoms with E-state index in [1.165, 1.54) is 0 Å². The van der Waals surface area contributed by atoms with Gasteiger partial charge in [0.15, 0.2) is 0 Å². The molecule has 1 saturated heterocycles. The zero-order chi connectivity index (χ0) is 13.3. The van der Waals surface area contributed by atoms with Crippen molar-refractivity contribution in [3.63, 3.8) is 0 Å². The van der Waals surface area contributed by atoms with Gasteiger partial charge in [0.1, 0.15) is 0 Å². The minimum Gasteiger partial charge on any atom is -0.324 e. The Labute approximate surface area is 116 Å². The van der Waals surface area contributed by atoms with E-state index in [0.717, 1.165) is 41.7 Å². The molecule has 1 amide bonds. The summed E-state index contributed by atoms with van der Waals surface area (Å²) >= 11 is 1.59. The molecule has 1 unspecified atom stereocenters. The van der Waals surface area contributed by atoms with E-state index < -0.39 is 5.54 Å². The highest BCUT2D eigenvalue weighted by molar-refractivity contribution is 7.16. The topological polar surface area (TPSA) is 54.0 Å². The molecule has 1 aromatic heterocycles. The molecule has 0 radical (unpaired) electrons. The van der Waals surface area contributed by atoms with Gasteiger partial charge in [-0.3, -0.25) is 4.79 Å².